The van der Waals surface area contributed by atoms with Crippen molar-refractivity contribution in [1.29, 1.82) is 0 Å². The molecule has 1 aliphatic heterocycles. The van der Waals surface area contributed by atoms with Crippen molar-refractivity contribution in [2.75, 3.05) is 29.4 Å². The smallest absolute Gasteiger partial charge is 0.229 e. The second-order valence-electron chi connectivity index (χ2n) is 6.12. The topological polar surface area (TPSA) is 61.4 Å². The van der Waals surface area contributed by atoms with E-state index in [1.165, 1.54) is 0 Å². The average molecular weight is 311 g/mol. The maximum absolute atomic E-state index is 11.3. The summed E-state index contributed by atoms with van der Waals surface area (Å²) in [5.41, 5.74) is 2.60. The zero-order chi connectivity index (χ0) is 15.6. The minimum Gasteiger partial charge on any atom is -0.381 e. The predicted molar refractivity (Wildman–Crippen MR) is 88.4 cm³/mol. The minimum atomic E-state index is -3.23. The number of rotatable bonds is 5. The van der Waals surface area contributed by atoms with Crippen molar-refractivity contribution in [2.24, 2.45) is 0 Å². The van der Waals surface area contributed by atoms with Gasteiger partial charge in [-0.05, 0) is 51.0 Å². The number of aryl methyl sites for hydroxylation is 1. The second-order valence-corrected chi connectivity index (χ2v) is 7.87. The lowest BCUT2D eigenvalue weighted by Crippen LogP contribution is -2.31. The molecule has 0 amide bonds. The molecule has 5 nitrogen and oxygen atoms in total. The van der Waals surface area contributed by atoms with Crippen molar-refractivity contribution < 1.29 is 8.42 Å². The summed E-state index contributed by atoms with van der Waals surface area (Å²) in [6.07, 6.45) is 2.30. The molecule has 21 heavy (non-hydrogen) atoms. The maximum Gasteiger partial charge on any atom is 0.229 e. The molecule has 1 fully saturated rings. The van der Waals surface area contributed by atoms with Crippen LogP contribution in [0, 0.1) is 6.92 Å². The molecule has 1 aliphatic rings. The summed E-state index contributed by atoms with van der Waals surface area (Å²) in [5, 5.41) is 3.54. The molecule has 1 aromatic carbocycles. The summed E-state index contributed by atoms with van der Waals surface area (Å²) in [5.74, 6) is 0. The molecule has 0 spiro atoms. The molecule has 1 atom stereocenters. The van der Waals surface area contributed by atoms with Gasteiger partial charge in [-0.2, -0.15) is 0 Å². The van der Waals surface area contributed by atoms with Gasteiger partial charge in [-0.1, -0.05) is 0 Å². The van der Waals surface area contributed by atoms with Crippen LogP contribution in [0.1, 0.15) is 25.8 Å². The van der Waals surface area contributed by atoms with Crippen LogP contribution >= 0.6 is 0 Å². The van der Waals surface area contributed by atoms with Gasteiger partial charge in [0.1, 0.15) is 0 Å². The molecule has 6 heteroatoms. The third kappa shape index (κ3) is 4.61. The molecule has 118 valence electrons. The largest absolute Gasteiger partial charge is 0.381 e. The van der Waals surface area contributed by atoms with E-state index in [9.17, 15) is 8.42 Å². The number of hydrogen-bond donors (Lipinski definition) is 2. The molecule has 0 aliphatic carbocycles. The van der Waals surface area contributed by atoms with Gasteiger partial charge in [0.2, 0.25) is 10.0 Å². The Hall–Kier alpha value is -1.27. The van der Waals surface area contributed by atoms with Crippen LogP contribution in [-0.2, 0) is 10.0 Å². The standard InChI is InChI=1S/C15H25N3O2S/c1-11(2)18-8-7-14(10-18)16-13-5-6-15(12(3)9-13)17-21(4,19)20/h5-6,9,11,14,16-17H,7-8,10H2,1-4H3. The Morgan fingerprint density at radius 3 is 2.57 bits per heavy atom. The molecule has 2 rings (SSSR count). The number of benzene rings is 1. The van der Waals surface area contributed by atoms with Crippen LogP contribution in [0.15, 0.2) is 18.2 Å². The predicted octanol–water partition coefficient (Wildman–Crippen LogP) is 2.26. The lowest BCUT2D eigenvalue weighted by molar-refractivity contribution is 0.274. The highest BCUT2D eigenvalue weighted by molar-refractivity contribution is 7.92. The zero-order valence-electron chi connectivity index (χ0n) is 13.2. The molecule has 1 unspecified atom stereocenters. The van der Waals surface area contributed by atoms with Crippen molar-refractivity contribution in [1.82, 2.24) is 4.90 Å². The third-order valence-electron chi connectivity index (χ3n) is 3.84. The molecule has 0 bridgehead atoms. The average Bonchev–Trinajstić information content (AvgIpc) is 2.80. The van der Waals surface area contributed by atoms with E-state index in [0.717, 1.165) is 37.0 Å². The number of nitrogens with zero attached hydrogens (tertiary/aromatic N) is 1. The lowest BCUT2D eigenvalue weighted by Gasteiger charge is -2.21. The Bertz CT molecular complexity index is 599. The van der Waals surface area contributed by atoms with Crippen molar-refractivity contribution in [3.05, 3.63) is 23.8 Å². The van der Waals surface area contributed by atoms with E-state index in [0.29, 0.717) is 17.8 Å². The van der Waals surface area contributed by atoms with Crippen molar-refractivity contribution in [2.45, 2.75) is 39.3 Å². The van der Waals surface area contributed by atoms with Crippen molar-refractivity contribution in [3.8, 4) is 0 Å². The van der Waals surface area contributed by atoms with Crippen LogP contribution in [0.25, 0.3) is 0 Å². The van der Waals surface area contributed by atoms with Gasteiger partial charge < -0.3 is 5.32 Å². The first-order valence-corrected chi connectivity index (χ1v) is 9.23. The van der Waals surface area contributed by atoms with Gasteiger partial charge in [-0.25, -0.2) is 8.42 Å². The number of nitrogens with one attached hydrogen (secondary N) is 2. The first kappa shape index (κ1) is 16.1. The highest BCUT2D eigenvalue weighted by atomic mass is 32.2. The molecule has 0 saturated carbocycles. The number of anilines is 2. The van der Waals surface area contributed by atoms with E-state index in [1.54, 1.807) is 0 Å². The van der Waals surface area contributed by atoms with Crippen LogP contribution in [-0.4, -0.2) is 44.7 Å². The molecule has 0 aromatic heterocycles. The van der Waals surface area contributed by atoms with Gasteiger partial charge in [-0.3, -0.25) is 9.62 Å². The fourth-order valence-electron chi connectivity index (χ4n) is 2.68. The van der Waals surface area contributed by atoms with Gasteiger partial charge in [0.05, 0.1) is 11.9 Å². The Kier molecular flexibility index (Phi) is 4.78. The molecule has 1 aromatic rings. The third-order valence-corrected chi connectivity index (χ3v) is 4.43. The van der Waals surface area contributed by atoms with Gasteiger partial charge in [0.15, 0.2) is 0 Å². The fourth-order valence-corrected chi connectivity index (χ4v) is 3.31. The Labute approximate surface area is 127 Å². The van der Waals surface area contributed by atoms with E-state index < -0.39 is 10.0 Å². The summed E-state index contributed by atoms with van der Waals surface area (Å²) in [6.45, 7) is 8.53. The number of likely N-dealkylation sites (tertiary alicyclic amines) is 1. The SMILES string of the molecule is Cc1cc(NC2CCN(C(C)C)C2)ccc1NS(C)(=O)=O. The summed E-state index contributed by atoms with van der Waals surface area (Å²) in [7, 11) is -3.23. The van der Waals surface area contributed by atoms with Crippen LogP contribution in [0.5, 0.6) is 0 Å². The molecular formula is C15H25N3O2S. The van der Waals surface area contributed by atoms with Crippen LogP contribution in [0.2, 0.25) is 0 Å². The first-order chi connectivity index (χ1) is 9.74. The summed E-state index contributed by atoms with van der Waals surface area (Å²) in [4.78, 5) is 2.46. The molecule has 1 saturated heterocycles. The lowest BCUT2D eigenvalue weighted by atomic mass is 10.1. The van der Waals surface area contributed by atoms with E-state index >= 15 is 0 Å². The monoisotopic (exact) mass is 311 g/mol. The molecule has 2 N–H and O–H groups in total. The minimum absolute atomic E-state index is 0.459. The summed E-state index contributed by atoms with van der Waals surface area (Å²) < 4.78 is 25.1. The fraction of sp³-hybridized carbons (Fsp3) is 0.600. The quantitative estimate of drug-likeness (QED) is 0.875. The summed E-state index contributed by atoms with van der Waals surface area (Å²) >= 11 is 0. The van der Waals surface area contributed by atoms with Crippen molar-refractivity contribution >= 4 is 21.4 Å². The number of hydrogen-bond acceptors (Lipinski definition) is 4. The zero-order valence-corrected chi connectivity index (χ0v) is 14.0. The van der Waals surface area contributed by atoms with E-state index in [1.807, 2.05) is 25.1 Å². The maximum atomic E-state index is 11.3. The Balaban J connectivity index is 2.01. The molecule has 0 radical (unpaired) electrons. The van der Waals surface area contributed by atoms with Gasteiger partial charge in [-0.15, -0.1) is 0 Å². The van der Waals surface area contributed by atoms with E-state index in [4.69, 9.17) is 0 Å². The van der Waals surface area contributed by atoms with Gasteiger partial charge in [0, 0.05) is 30.9 Å². The van der Waals surface area contributed by atoms with Crippen LogP contribution in [0.4, 0.5) is 11.4 Å². The van der Waals surface area contributed by atoms with Gasteiger partial charge in [0.25, 0.3) is 0 Å². The van der Waals surface area contributed by atoms with Crippen molar-refractivity contribution in [3.63, 3.8) is 0 Å². The Morgan fingerprint density at radius 2 is 2.05 bits per heavy atom. The van der Waals surface area contributed by atoms with E-state index in [2.05, 4.69) is 28.8 Å². The second kappa shape index (κ2) is 6.23. The molecular weight excluding hydrogens is 286 g/mol. The van der Waals surface area contributed by atoms with Crippen LogP contribution < -0.4 is 10.0 Å². The Morgan fingerprint density at radius 1 is 1.33 bits per heavy atom. The normalized spacial score (nSPS) is 20.0. The highest BCUT2D eigenvalue weighted by Crippen LogP contribution is 2.23. The first-order valence-electron chi connectivity index (χ1n) is 7.33. The van der Waals surface area contributed by atoms with Crippen LogP contribution in [0.3, 0.4) is 0 Å². The highest BCUT2D eigenvalue weighted by Gasteiger charge is 2.23. The van der Waals surface area contributed by atoms with E-state index in [-0.39, 0.29) is 0 Å². The van der Waals surface area contributed by atoms with Gasteiger partial charge >= 0.3 is 0 Å². The molecule has 1 heterocycles. The number of sulfonamides is 1. The summed E-state index contributed by atoms with van der Waals surface area (Å²) in [6, 6.07) is 6.78.